The summed E-state index contributed by atoms with van der Waals surface area (Å²) < 4.78 is 5.91. The number of aliphatic hydroxyl groups is 1. The molecule has 120 valence electrons. The van der Waals surface area contributed by atoms with Gasteiger partial charge in [-0.05, 0) is 37.6 Å². The maximum absolute atomic E-state index is 9.17. The predicted octanol–water partition coefficient (Wildman–Crippen LogP) is 0.916. The third-order valence-corrected chi connectivity index (χ3v) is 4.03. The van der Waals surface area contributed by atoms with Crippen molar-refractivity contribution in [2.45, 2.75) is 26.5 Å². The molecule has 0 saturated heterocycles. The first kappa shape index (κ1) is 17.0. The lowest BCUT2D eigenvalue weighted by Gasteiger charge is -2.04. The number of hydrogen-bond donors (Lipinski definition) is 3. The summed E-state index contributed by atoms with van der Waals surface area (Å²) in [6, 6.07) is 9.88. The third-order valence-electron chi connectivity index (χ3n) is 3.62. The molecule has 1 aromatic carbocycles. The molecule has 0 unspecified atom stereocenters. The summed E-state index contributed by atoms with van der Waals surface area (Å²) in [5.41, 5.74) is 2.09. The largest absolute Gasteiger partial charge is 0.455 e. The standard InChI is InChI=1S/C17H23ClN2O2/c1-12(21)10-19-8-9-20-11-14-6-7-17(22-14)15-4-3-5-16(18)13(15)2/h3-7,12,19-21H,8-11H2,1-2H3/p+2/t12-/m1/s1. The quantitative estimate of drug-likeness (QED) is 0.632. The van der Waals surface area contributed by atoms with Crippen LogP contribution in [0.25, 0.3) is 11.3 Å². The number of nitrogens with two attached hydrogens (primary N) is 2. The second-order valence-corrected chi connectivity index (χ2v) is 6.03. The van der Waals surface area contributed by atoms with Gasteiger partial charge in [0.25, 0.3) is 0 Å². The van der Waals surface area contributed by atoms with Crippen LogP contribution in [0.5, 0.6) is 0 Å². The highest BCUT2D eigenvalue weighted by atomic mass is 35.5. The molecular weight excluding hydrogens is 300 g/mol. The molecule has 5 N–H and O–H groups in total. The third kappa shape index (κ3) is 4.85. The second kappa shape index (κ2) is 8.34. The van der Waals surface area contributed by atoms with Crippen molar-refractivity contribution in [2.75, 3.05) is 19.6 Å². The van der Waals surface area contributed by atoms with Crippen molar-refractivity contribution in [3.05, 3.63) is 46.7 Å². The minimum absolute atomic E-state index is 0.242. The van der Waals surface area contributed by atoms with Gasteiger partial charge in [0.05, 0.1) is 6.10 Å². The van der Waals surface area contributed by atoms with E-state index >= 15 is 0 Å². The molecule has 1 heterocycles. The van der Waals surface area contributed by atoms with Crippen LogP contribution in [0.15, 0.2) is 34.7 Å². The zero-order valence-corrected chi connectivity index (χ0v) is 13.9. The zero-order valence-electron chi connectivity index (χ0n) is 13.2. The summed E-state index contributed by atoms with van der Waals surface area (Å²) in [6.07, 6.45) is -0.242. The highest BCUT2D eigenvalue weighted by Crippen LogP contribution is 2.29. The summed E-state index contributed by atoms with van der Waals surface area (Å²) in [6.45, 7) is 7.38. The number of halogens is 1. The lowest BCUT2D eigenvalue weighted by molar-refractivity contribution is -0.733. The van der Waals surface area contributed by atoms with Gasteiger partial charge in [0.1, 0.15) is 31.9 Å². The van der Waals surface area contributed by atoms with Crippen LogP contribution in [0.2, 0.25) is 5.02 Å². The molecule has 0 spiro atoms. The Morgan fingerprint density at radius 1 is 1.18 bits per heavy atom. The molecule has 0 saturated carbocycles. The van der Waals surface area contributed by atoms with Crippen LogP contribution in [-0.4, -0.2) is 30.8 Å². The Hall–Kier alpha value is -1.33. The van der Waals surface area contributed by atoms with Crippen molar-refractivity contribution < 1.29 is 20.2 Å². The fourth-order valence-electron chi connectivity index (χ4n) is 2.35. The number of rotatable bonds is 8. The van der Waals surface area contributed by atoms with E-state index < -0.39 is 0 Å². The smallest absolute Gasteiger partial charge is 0.158 e. The fourth-order valence-corrected chi connectivity index (χ4v) is 2.52. The Morgan fingerprint density at radius 3 is 2.73 bits per heavy atom. The highest BCUT2D eigenvalue weighted by molar-refractivity contribution is 6.31. The molecule has 0 aliphatic carbocycles. The Labute approximate surface area is 136 Å². The summed E-state index contributed by atoms with van der Waals surface area (Å²) in [5, 5.41) is 14.3. The molecule has 0 aliphatic heterocycles. The highest BCUT2D eigenvalue weighted by Gasteiger charge is 2.10. The first-order chi connectivity index (χ1) is 10.6. The van der Waals surface area contributed by atoms with Crippen molar-refractivity contribution >= 4 is 11.6 Å². The van der Waals surface area contributed by atoms with Gasteiger partial charge in [0.2, 0.25) is 0 Å². The monoisotopic (exact) mass is 324 g/mol. The van der Waals surface area contributed by atoms with Crippen molar-refractivity contribution in [1.29, 1.82) is 0 Å². The van der Waals surface area contributed by atoms with Crippen LogP contribution in [-0.2, 0) is 6.54 Å². The lowest BCUT2D eigenvalue weighted by atomic mass is 10.1. The molecule has 0 aliphatic rings. The molecular formula is C17H25ClN2O2+2. The molecule has 1 aromatic heterocycles. The Kier molecular flexibility index (Phi) is 6.46. The van der Waals surface area contributed by atoms with Gasteiger partial charge in [-0.25, -0.2) is 0 Å². The van der Waals surface area contributed by atoms with E-state index in [-0.39, 0.29) is 6.10 Å². The summed E-state index contributed by atoms with van der Waals surface area (Å²) in [5.74, 6) is 1.83. The number of aliphatic hydroxyl groups excluding tert-OH is 1. The van der Waals surface area contributed by atoms with Crippen molar-refractivity contribution in [1.82, 2.24) is 0 Å². The van der Waals surface area contributed by atoms with Gasteiger partial charge in [-0.1, -0.05) is 23.7 Å². The van der Waals surface area contributed by atoms with E-state index in [1.165, 1.54) is 0 Å². The maximum atomic E-state index is 9.17. The van der Waals surface area contributed by atoms with Crippen molar-refractivity contribution in [3.8, 4) is 11.3 Å². The van der Waals surface area contributed by atoms with Crippen LogP contribution in [0, 0.1) is 6.92 Å². The molecule has 0 fully saturated rings. The van der Waals surface area contributed by atoms with Gasteiger partial charge >= 0.3 is 0 Å². The molecule has 5 heteroatoms. The van der Waals surface area contributed by atoms with Crippen LogP contribution >= 0.6 is 11.6 Å². The van der Waals surface area contributed by atoms with Gasteiger partial charge in [-0.15, -0.1) is 0 Å². The number of benzene rings is 1. The summed E-state index contributed by atoms with van der Waals surface area (Å²) >= 11 is 6.16. The molecule has 0 radical (unpaired) electrons. The van der Waals surface area contributed by atoms with Gasteiger partial charge in [0, 0.05) is 10.6 Å². The molecule has 22 heavy (non-hydrogen) atoms. The number of quaternary nitrogens is 2. The van der Waals surface area contributed by atoms with E-state index in [9.17, 15) is 5.11 Å². The topological polar surface area (TPSA) is 66.6 Å². The van der Waals surface area contributed by atoms with Gasteiger partial charge in [-0.3, -0.25) is 0 Å². The number of hydrogen-bond acceptors (Lipinski definition) is 2. The lowest BCUT2D eigenvalue weighted by Crippen LogP contribution is -2.95. The maximum Gasteiger partial charge on any atom is 0.158 e. The van der Waals surface area contributed by atoms with E-state index in [2.05, 4.69) is 10.6 Å². The average Bonchev–Trinajstić information content (AvgIpc) is 2.94. The van der Waals surface area contributed by atoms with Gasteiger partial charge in [-0.2, -0.15) is 0 Å². The normalized spacial score (nSPS) is 12.5. The van der Waals surface area contributed by atoms with Gasteiger partial charge in [0.15, 0.2) is 5.76 Å². The SMILES string of the molecule is Cc1c(Cl)cccc1-c1ccc(C[NH2+]CC[NH2+]C[C@@H](C)O)o1. The summed E-state index contributed by atoms with van der Waals surface area (Å²) in [7, 11) is 0. The van der Waals surface area contributed by atoms with Crippen molar-refractivity contribution in [2.24, 2.45) is 0 Å². The zero-order chi connectivity index (χ0) is 15.9. The Bertz CT molecular complexity index is 596. The minimum Gasteiger partial charge on any atom is -0.455 e. The van der Waals surface area contributed by atoms with E-state index in [4.69, 9.17) is 16.0 Å². The molecule has 2 rings (SSSR count). The van der Waals surface area contributed by atoms with E-state index in [1.54, 1.807) is 0 Å². The van der Waals surface area contributed by atoms with E-state index in [0.717, 1.165) is 53.8 Å². The molecule has 0 amide bonds. The van der Waals surface area contributed by atoms with Crippen LogP contribution < -0.4 is 10.6 Å². The first-order valence-electron chi connectivity index (χ1n) is 7.73. The Morgan fingerprint density at radius 2 is 1.95 bits per heavy atom. The van der Waals surface area contributed by atoms with Crippen LogP contribution in [0.1, 0.15) is 18.2 Å². The van der Waals surface area contributed by atoms with Crippen LogP contribution in [0.3, 0.4) is 0 Å². The number of furan rings is 1. The van der Waals surface area contributed by atoms with E-state index in [1.807, 2.05) is 44.2 Å². The minimum atomic E-state index is -0.242. The molecule has 1 atom stereocenters. The molecule has 4 nitrogen and oxygen atoms in total. The van der Waals surface area contributed by atoms with Gasteiger partial charge < -0.3 is 20.2 Å². The van der Waals surface area contributed by atoms with E-state index in [0.29, 0.717) is 0 Å². The molecule has 2 aromatic rings. The fraction of sp³-hybridized carbons (Fsp3) is 0.412. The average molecular weight is 325 g/mol. The Balaban J connectivity index is 1.83. The first-order valence-corrected chi connectivity index (χ1v) is 8.11. The predicted molar refractivity (Wildman–Crippen MR) is 87.7 cm³/mol. The van der Waals surface area contributed by atoms with Crippen molar-refractivity contribution in [3.63, 3.8) is 0 Å². The summed E-state index contributed by atoms with van der Waals surface area (Å²) in [4.78, 5) is 0. The second-order valence-electron chi connectivity index (χ2n) is 5.62. The van der Waals surface area contributed by atoms with Crippen LogP contribution in [0.4, 0.5) is 0 Å². The molecule has 0 bridgehead atoms.